The van der Waals surface area contributed by atoms with Crippen LogP contribution in [0.5, 0.6) is 0 Å². The smallest absolute Gasteiger partial charge is 0.408 e. The Morgan fingerprint density at radius 3 is 2.41 bits per heavy atom. The number of ketones is 1. The lowest BCUT2D eigenvalue weighted by Gasteiger charge is -2.23. The van der Waals surface area contributed by atoms with Crippen LogP contribution in [0, 0.1) is 0 Å². The molecule has 2 rings (SSSR count). The average molecular weight is 368 g/mol. The number of benzene rings is 1. The van der Waals surface area contributed by atoms with Crippen molar-refractivity contribution in [2.75, 3.05) is 0 Å². The molecule has 0 aliphatic heterocycles. The Hall–Kier alpha value is -2.69. The maximum Gasteiger partial charge on any atom is 0.408 e. The first-order valence-electron chi connectivity index (χ1n) is 9.28. The lowest BCUT2D eigenvalue weighted by Crippen LogP contribution is -2.44. The molecule has 1 N–H and O–H groups in total. The Balaban J connectivity index is 1.96. The number of ether oxygens (including phenoxy) is 1. The number of hydrogen-bond acceptors (Lipinski definition) is 4. The largest absolute Gasteiger partial charge is 0.444 e. The number of carbonyl (C=O) groups is 2. The highest BCUT2D eigenvalue weighted by atomic mass is 16.6. The van der Waals surface area contributed by atoms with E-state index in [1.165, 1.54) is 0 Å². The predicted octanol–water partition coefficient (Wildman–Crippen LogP) is 4.11. The molecule has 2 aromatic rings. The molecule has 0 unspecified atom stereocenters. The number of Topliss-reactive ketones (excluding diaryl/α,β-unsaturated/α-hetero) is 1. The predicted molar refractivity (Wildman–Crippen MR) is 105 cm³/mol. The highest BCUT2D eigenvalue weighted by molar-refractivity contribution is 5.87. The van der Waals surface area contributed by atoms with E-state index in [-0.39, 0.29) is 5.78 Å². The number of carbonyl (C=O) groups excluding carboxylic acids is 2. The first kappa shape index (κ1) is 20.6. The summed E-state index contributed by atoms with van der Waals surface area (Å²) in [5.41, 5.74) is 1.49. The van der Waals surface area contributed by atoms with Crippen LogP contribution in [0.1, 0.15) is 44.7 Å². The fourth-order valence-corrected chi connectivity index (χ4v) is 2.73. The number of nitrogens with zero attached hydrogens (tertiary/aromatic N) is 1. The summed E-state index contributed by atoms with van der Waals surface area (Å²) in [6.45, 7) is 5.40. The van der Waals surface area contributed by atoms with Crippen LogP contribution in [0.3, 0.4) is 0 Å². The Bertz CT molecular complexity index is 724. The fraction of sp³-hybridized carbons (Fsp3) is 0.409. The van der Waals surface area contributed by atoms with Gasteiger partial charge in [-0.1, -0.05) is 36.4 Å². The fourth-order valence-electron chi connectivity index (χ4n) is 2.73. The Morgan fingerprint density at radius 2 is 1.78 bits per heavy atom. The number of aromatic nitrogens is 1. The van der Waals surface area contributed by atoms with Crippen molar-refractivity contribution in [1.82, 2.24) is 10.3 Å². The molecule has 0 spiro atoms. The Morgan fingerprint density at radius 1 is 1.07 bits per heavy atom. The molecule has 0 aliphatic rings. The van der Waals surface area contributed by atoms with Crippen molar-refractivity contribution in [3.63, 3.8) is 0 Å². The normalized spacial score (nSPS) is 12.3. The lowest BCUT2D eigenvalue weighted by atomic mass is 9.98. The molecule has 1 aromatic carbocycles. The van der Waals surface area contributed by atoms with Gasteiger partial charge >= 0.3 is 6.09 Å². The summed E-state index contributed by atoms with van der Waals surface area (Å²) < 4.78 is 5.32. The SMILES string of the molecule is CC(C)(C)OC(=O)N[C@@H](Cc1ccccc1)C(=O)CCCc1cccnc1. The Kier molecular flexibility index (Phi) is 7.53. The van der Waals surface area contributed by atoms with E-state index in [2.05, 4.69) is 10.3 Å². The number of amides is 1. The quantitative estimate of drug-likeness (QED) is 0.761. The van der Waals surface area contributed by atoms with Crippen LogP contribution < -0.4 is 5.32 Å². The minimum atomic E-state index is -0.606. The summed E-state index contributed by atoms with van der Waals surface area (Å²) in [4.78, 5) is 29.0. The maximum absolute atomic E-state index is 12.8. The van der Waals surface area contributed by atoms with Gasteiger partial charge in [0.05, 0.1) is 6.04 Å². The van der Waals surface area contributed by atoms with Crippen molar-refractivity contribution in [2.45, 2.75) is 58.1 Å². The number of alkyl carbamates (subject to hydrolysis) is 1. The van der Waals surface area contributed by atoms with Crippen molar-refractivity contribution in [3.8, 4) is 0 Å². The molecule has 0 fully saturated rings. The van der Waals surface area contributed by atoms with Gasteiger partial charge < -0.3 is 10.1 Å². The van der Waals surface area contributed by atoms with Gasteiger partial charge in [-0.05, 0) is 57.2 Å². The van der Waals surface area contributed by atoms with E-state index in [0.717, 1.165) is 17.5 Å². The first-order chi connectivity index (χ1) is 12.8. The van der Waals surface area contributed by atoms with Gasteiger partial charge in [-0.25, -0.2) is 4.79 Å². The molecular formula is C22H28N2O3. The number of aryl methyl sites for hydroxylation is 1. The van der Waals surface area contributed by atoms with Gasteiger partial charge in [0.25, 0.3) is 0 Å². The van der Waals surface area contributed by atoms with Gasteiger partial charge in [-0.2, -0.15) is 0 Å². The number of pyridine rings is 1. The summed E-state index contributed by atoms with van der Waals surface area (Å²) in [5, 5.41) is 2.75. The molecule has 0 radical (unpaired) electrons. The third-order valence-corrected chi connectivity index (χ3v) is 3.97. The zero-order valence-corrected chi connectivity index (χ0v) is 16.3. The standard InChI is InChI=1S/C22H28N2O3/c1-22(2,3)27-21(26)24-19(15-17-9-5-4-6-10-17)20(25)13-7-11-18-12-8-14-23-16-18/h4-6,8-10,12,14,16,19H,7,11,13,15H2,1-3H3,(H,24,26)/t19-/m0/s1. The van der Waals surface area contributed by atoms with Crippen LogP contribution in [0.2, 0.25) is 0 Å². The van der Waals surface area contributed by atoms with E-state index in [1.54, 1.807) is 27.0 Å². The summed E-state index contributed by atoms with van der Waals surface area (Å²) >= 11 is 0. The molecule has 144 valence electrons. The molecule has 1 atom stereocenters. The van der Waals surface area contributed by atoms with Gasteiger partial charge in [0, 0.05) is 18.8 Å². The molecule has 1 amide bonds. The van der Waals surface area contributed by atoms with Gasteiger partial charge in [-0.15, -0.1) is 0 Å². The van der Waals surface area contributed by atoms with Crippen LogP contribution in [-0.2, 0) is 22.4 Å². The molecule has 0 aliphatic carbocycles. The molecule has 1 aromatic heterocycles. The maximum atomic E-state index is 12.8. The summed E-state index contributed by atoms with van der Waals surface area (Å²) in [7, 11) is 0. The summed E-state index contributed by atoms with van der Waals surface area (Å²) in [6, 6.07) is 13.0. The van der Waals surface area contributed by atoms with Crippen molar-refractivity contribution in [2.24, 2.45) is 0 Å². The lowest BCUT2D eigenvalue weighted by molar-refractivity contribution is -0.121. The molecular weight excluding hydrogens is 340 g/mol. The zero-order valence-electron chi connectivity index (χ0n) is 16.3. The second kappa shape index (κ2) is 9.86. The van der Waals surface area contributed by atoms with Crippen LogP contribution in [0.4, 0.5) is 4.79 Å². The van der Waals surface area contributed by atoms with Crippen LogP contribution in [-0.4, -0.2) is 28.5 Å². The van der Waals surface area contributed by atoms with Crippen LogP contribution in [0.25, 0.3) is 0 Å². The number of rotatable bonds is 8. The highest BCUT2D eigenvalue weighted by Crippen LogP contribution is 2.11. The van der Waals surface area contributed by atoms with Crippen molar-refractivity contribution < 1.29 is 14.3 Å². The van der Waals surface area contributed by atoms with Crippen molar-refractivity contribution >= 4 is 11.9 Å². The average Bonchev–Trinajstić information content (AvgIpc) is 2.61. The van der Waals surface area contributed by atoms with E-state index < -0.39 is 17.7 Å². The van der Waals surface area contributed by atoms with Crippen LogP contribution >= 0.6 is 0 Å². The zero-order chi connectivity index (χ0) is 19.7. The summed E-state index contributed by atoms with van der Waals surface area (Å²) in [5.74, 6) is 0.00797. The third-order valence-electron chi connectivity index (χ3n) is 3.97. The topological polar surface area (TPSA) is 68.3 Å². The molecule has 5 heteroatoms. The van der Waals surface area contributed by atoms with E-state index in [9.17, 15) is 9.59 Å². The van der Waals surface area contributed by atoms with Gasteiger partial charge in [-0.3, -0.25) is 9.78 Å². The first-order valence-corrected chi connectivity index (χ1v) is 9.28. The monoisotopic (exact) mass is 368 g/mol. The van der Waals surface area contributed by atoms with Crippen molar-refractivity contribution in [3.05, 3.63) is 66.0 Å². The van der Waals surface area contributed by atoms with Crippen molar-refractivity contribution in [1.29, 1.82) is 0 Å². The van der Waals surface area contributed by atoms with E-state index in [4.69, 9.17) is 4.74 Å². The third kappa shape index (κ3) is 8.03. The minimum Gasteiger partial charge on any atom is -0.444 e. The number of nitrogens with one attached hydrogen (secondary N) is 1. The molecule has 0 bridgehead atoms. The van der Waals surface area contributed by atoms with Gasteiger partial charge in [0.1, 0.15) is 5.60 Å². The second-order valence-corrected chi connectivity index (χ2v) is 7.57. The van der Waals surface area contributed by atoms with E-state index >= 15 is 0 Å². The van der Waals surface area contributed by atoms with E-state index in [0.29, 0.717) is 19.3 Å². The molecule has 5 nitrogen and oxygen atoms in total. The van der Waals surface area contributed by atoms with Gasteiger partial charge in [0.2, 0.25) is 0 Å². The molecule has 0 saturated carbocycles. The number of hydrogen-bond donors (Lipinski definition) is 1. The van der Waals surface area contributed by atoms with Gasteiger partial charge in [0.15, 0.2) is 5.78 Å². The molecule has 27 heavy (non-hydrogen) atoms. The summed E-state index contributed by atoms with van der Waals surface area (Å²) in [6.07, 6.45) is 5.31. The molecule has 1 heterocycles. The second-order valence-electron chi connectivity index (χ2n) is 7.57. The molecule has 0 saturated heterocycles. The highest BCUT2D eigenvalue weighted by Gasteiger charge is 2.24. The minimum absolute atomic E-state index is 0.00797. The van der Waals surface area contributed by atoms with E-state index in [1.807, 2.05) is 48.7 Å². The Labute approximate surface area is 161 Å². The van der Waals surface area contributed by atoms with Crippen LogP contribution in [0.15, 0.2) is 54.9 Å².